The van der Waals surface area contributed by atoms with Crippen LogP contribution in [0.4, 0.5) is 4.39 Å². The fraction of sp³-hybridized carbons (Fsp3) is 0.471. The van der Waals surface area contributed by atoms with E-state index >= 15 is 0 Å². The van der Waals surface area contributed by atoms with E-state index in [1.165, 1.54) is 17.0 Å². The molecule has 0 spiro atoms. The third-order valence-corrected chi connectivity index (χ3v) is 5.28. The molecule has 0 radical (unpaired) electrons. The van der Waals surface area contributed by atoms with Crippen molar-refractivity contribution in [3.8, 4) is 5.75 Å². The van der Waals surface area contributed by atoms with Crippen molar-refractivity contribution in [1.82, 2.24) is 9.88 Å². The molecule has 0 N–H and O–H groups in total. The Hall–Kier alpha value is -1.50. The fourth-order valence-corrected chi connectivity index (χ4v) is 3.65. The van der Waals surface area contributed by atoms with Crippen LogP contribution in [0.15, 0.2) is 29.8 Å². The number of ether oxygens (including phenoxy) is 2. The van der Waals surface area contributed by atoms with E-state index in [1.807, 2.05) is 12.4 Å². The Morgan fingerprint density at radius 1 is 1.35 bits per heavy atom. The number of halogens is 1. The van der Waals surface area contributed by atoms with Gasteiger partial charge in [-0.2, -0.15) is 0 Å². The third-order valence-electron chi connectivity index (χ3n) is 4.36. The third kappa shape index (κ3) is 3.88. The first-order chi connectivity index (χ1) is 11.1. The van der Waals surface area contributed by atoms with Crippen molar-refractivity contribution in [2.75, 3.05) is 26.8 Å². The topological polar surface area (TPSA) is 34.6 Å². The average molecular weight is 336 g/mol. The molecule has 1 atom stereocenters. The van der Waals surface area contributed by atoms with Crippen LogP contribution in [0.1, 0.15) is 17.0 Å². The summed E-state index contributed by atoms with van der Waals surface area (Å²) in [5.41, 5.74) is 2.68. The van der Waals surface area contributed by atoms with E-state index in [4.69, 9.17) is 9.47 Å². The molecule has 1 fully saturated rings. The van der Waals surface area contributed by atoms with Gasteiger partial charge in [0.05, 0.1) is 11.2 Å². The molecule has 1 saturated heterocycles. The van der Waals surface area contributed by atoms with E-state index in [2.05, 4.69) is 9.88 Å². The van der Waals surface area contributed by atoms with Crippen molar-refractivity contribution >= 4 is 11.3 Å². The van der Waals surface area contributed by atoms with Gasteiger partial charge in [0.25, 0.3) is 0 Å². The van der Waals surface area contributed by atoms with Crippen molar-refractivity contribution in [3.05, 3.63) is 46.2 Å². The van der Waals surface area contributed by atoms with Crippen LogP contribution in [0, 0.1) is 12.7 Å². The SMILES string of the molecule is COC1(COc2ccc(F)cc2)CCN(Cc2scnc2C)C1. The average Bonchev–Trinajstić information content (AvgIpc) is 3.15. The molecule has 1 aromatic heterocycles. The highest BCUT2D eigenvalue weighted by Gasteiger charge is 2.39. The molecule has 2 aromatic rings. The minimum Gasteiger partial charge on any atom is -0.491 e. The molecule has 23 heavy (non-hydrogen) atoms. The maximum atomic E-state index is 12.9. The number of thiazole rings is 1. The lowest BCUT2D eigenvalue weighted by atomic mass is 10.0. The van der Waals surface area contributed by atoms with Gasteiger partial charge in [0, 0.05) is 31.6 Å². The number of likely N-dealkylation sites (tertiary alicyclic amines) is 1. The van der Waals surface area contributed by atoms with Gasteiger partial charge in [0.15, 0.2) is 0 Å². The van der Waals surface area contributed by atoms with Crippen LogP contribution in [-0.2, 0) is 11.3 Å². The second-order valence-electron chi connectivity index (χ2n) is 5.95. The van der Waals surface area contributed by atoms with E-state index in [1.54, 1.807) is 30.6 Å². The monoisotopic (exact) mass is 336 g/mol. The molecule has 0 aliphatic carbocycles. The van der Waals surface area contributed by atoms with Crippen LogP contribution in [-0.4, -0.2) is 42.3 Å². The summed E-state index contributed by atoms with van der Waals surface area (Å²) in [4.78, 5) is 7.98. The quantitative estimate of drug-likeness (QED) is 0.811. The zero-order valence-corrected chi connectivity index (χ0v) is 14.2. The van der Waals surface area contributed by atoms with Gasteiger partial charge in [0.2, 0.25) is 0 Å². The smallest absolute Gasteiger partial charge is 0.123 e. The van der Waals surface area contributed by atoms with Crippen LogP contribution < -0.4 is 4.74 Å². The molecule has 4 nitrogen and oxygen atoms in total. The van der Waals surface area contributed by atoms with Crippen molar-refractivity contribution in [2.24, 2.45) is 0 Å². The largest absolute Gasteiger partial charge is 0.491 e. The molecule has 1 aliphatic heterocycles. The molecule has 6 heteroatoms. The molecule has 124 valence electrons. The second kappa shape index (κ2) is 6.95. The molecule has 1 aliphatic rings. The van der Waals surface area contributed by atoms with E-state index < -0.39 is 0 Å². The van der Waals surface area contributed by atoms with Crippen LogP contribution in [0.2, 0.25) is 0 Å². The van der Waals surface area contributed by atoms with Gasteiger partial charge in [-0.1, -0.05) is 0 Å². The minimum absolute atomic E-state index is 0.259. The van der Waals surface area contributed by atoms with Gasteiger partial charge in [-0.05, 0) is 37.6 Å². The zero-order chi connectivity index (χ0) is 16.3. The van der Waals surface area contributed by atoms with Gasteiger partial charge in [-0.15, -0.1) is 11.3 Å². The Labute approximate surface area is 139 Å². The first kappa shape index (κ1) is 16.4. The highest BCUT2D eigenvalue weighted by atomic mass is 32.1. The number of rotatable bonds is 6. The number of aromatic nitrogens is 1. The molecule has 1 aromatic carbocycles. The van der Waals surface area contributed by atoms with Crippen molar-refractivity contribution in [1.29, 1.82) is 0 Å². The van der Waals surface area contributed by atoms with E-state index in [9.17, 15) is 4.39 Å². The van der Waals surface area contributed by atoms with Gasteiger partial charge in [-0.25, -0.2) is 9.37 Å². The molecule has 3 rings (SSSR count). The molecule has 0 saturated carbocycles. The molecule has 0 bridgehead atoms. The Morgan fingerprint density at radius 3 is 2.78 bits per heavy atom. The number of benzene rings is 1. The van der Waals surface area contributed by atoms with Crippen molar-refractivity contribution < 1.29 is 13.9 Å². The lowest BCUT2D eigenvalue weighted by molar-refractivity contribution is -0.0359. The first-order valence-electron chi connectivity index (χ1n) is 7.65. The number of hydrogen-bond acceptors (Lipinski definition) is 5. The van der Waals surface area contributed by atoms with Crippen molar-refractivity contribution in [3.63, 3.8) is 0 Å². The van der Waals surface area contributed by atoms with Crippen molar-refractivity contribution in [2.45, 2.75) is 25.5 Å². The summed E-state index contributed by atoms with van der Waals surface area (Å²) in [5, 5.41) is 0. The normalized spacial score (nSPS) is 21.7. The number of hydrogen-bond donors (Lipinski definition) is 0. The maximum absolute atomic E-state index is 12.9. The van der Waals surface area contributed by atoms with Gasteiger partial charge < -0.3 is 9.47 Å². The summed E-state index contributed by atoms with van der Waals surface area (Å²) in [7, 11) is 1.73. The highest BCUT2D eigenvalue weighted by molar-refractivity contribution is 7.09. The standard InChI is InChI=1S/C17H21FN2O2S/c1-13-16(23-12-19-13)9-20-8-7-17(10-20,21-2)11-22-15-5-3-14(18)4-6-15/h3-6,12H,7-11H2,1-2H3. The molecular formula is C17H21FN2O2S. The number of nitrogens with zero attached hydrogens (tertiary/aromatic N) is 2. The Kier molecular flexibility index (Phi) is 4.94. The summed E-state index contributed by atoms with van der Waals surface area (Å²) >= 11 is 1.70. The lowest BCUT2D eigenvalue weighted by Gasteiger charge is -2.28. The minimum atomic E-state index is -0.313. The first-order valence-corrected chi connectivity index (χ1v) is 8.53. The fourth-order valence-electron chi connectivity index (χ4n) is 2.83. The predicted octanol–water partition coefficient (Wildman–Crippen LogP) is 3.26. The summed E-state index contributed by atoms with van der Waals surface area (Å²) in [6.45, 7) is 5.20. The molecular weight excluding hydrogens is 315 g/mol. The van der Waals surface area contributed by atoms with E-state index in [0.29, 0.717) is 12.4 Å². The van der Waals surface area contributed by atoms with Crippen LogP contribution in [0.25, 0.3) is 0 Å². The van der Waals surface area contributed by atoms with Gasteiger partial charge in [0.1, 0.15) is 23.8 Å². The van der Waals surface area contributed by atoms with E-state index in [-0.39, 0.29) is 11.4 Å². The summed E-state index contributed by atoms with van der Waals surface area (Å²) in [5.74, 6) is 0.408. The van der Waals surface area contributed by atoms with Crippen LogP contribution in [0.3, 0.4) is 0 Å². The van der Waals surface area contributed by atoms with Gasteiger partial charge in [-0.3, -0.25) is 4.90 Å². The summed E-state index contributed by atoms with van der Waals surface area (Å²) in [6.07, 6.45) is 0.919. The Bertz CT molecular complexity index is 646. The molecule has 1 unspecified atom stereocenters. The Balaban J connectivity index is 1.58. The number of aryl methyl sites for hydroxylation is 1. The second-order valence-corrected chi connectivity index (χ2v) is 6.89. The molecule has 0 amide bonds. The van der Waals surface area contributed by atoms with Crippen LogP contribution >= 0.6 is 11.3 Å². The summed E-state index contributed by atoms with van der Waals surface area (Å²) in [6, 6.07) is 6.10. The van der Waals surface area contributed by atoms with Gasteiger partial charge >= 0.3 is 0 Å². The number of methoxy groups -OCH3 is 1. The lowest BCUT2D eigenvalue weighted by Crippen LogP contribution is -2.41. The summed E-state index contributed by atoms with van der Waals surface area (Å²) < 4.78 is 24.5. The van der Waals surface area contributed by atoms with E-state index in [0.717, 1.165) is 31.7 Å². The maximum Gasteiger partial charge on any atom is 0.123 e. The Morgan fingerprint density at radius 2 is 2.13 bits per heavy atom. The van der Waals surface area contributed by atoms with Crippen LogP contribution in [0.5, 0.6) is 5.75 Å². The molecule has 2 heterocycles. The highest BCUT2D eigenvalue weighted by Crippen LogP contribution is 2.28. The predicted molar refractivity (Wildman–Crippen MR) is 88.4 cm³/mol. The zero-order valence-electron chi connectivity index (χ0n) is 13.4.